The van der Waals surface area contributed by atoms with Crippen LogP contribution < -0.4 is 0 Å². The molecule has 1 N–H and O–H groups in total. The van der Waals surface area contributed by atoms with E-state index in [9.17, 15) is 25.4 Å². The van der Waals surface area contributed by atoms with Crippen LogP contribution in [0, 0.1) is 62.1 Å². The summed E-state index contributed by atoms with van der Waals surface area (Å²) >= 11 is 0. The smallest absolute Gasteiger partial charge is 0.169 e. The Morgan fingerprint density at radius 3 is 2.30 bits per heavy atom. The normalized spacial score (nSPS) is 35.0. The van der Waals surface area contributed by atoms with Crippen molar-refractivity contribution in [3.63, 3.8) is 0 Å². The highest BCUT2D eigenvalue weighted by molar-refractivity contribution is 6.07. The molecule has 0 radical (unpaired) electrons. The zero-order valence-corrected chi connectivity index (χ0v) is 10.7. The molecule has 20 heavy (non-hydrogen) atoms. The Labute approximate surface area is 116 Å². The van der Waals surface area contributed by atoms with E-state index in [1.54, 1.807) is 0 Å². The summed E-state index contributed by atoms with van der Waals surface area (Å²) in [5.74, 6) is -1.97. The molecule has 0 amide bonds. The van der Waals surface area contributed by atoms with Gasteiger partial charge in [0.2, 0.25) is 0 Å². The van der Waals surface area contributed by atoms with Gasteiger partial charge in [-0.3, -0.25) is 4.79 Å². The van der Waals surface area contributed by atoms with Gasteiger partial charge < -0.3 is 10.2 Å². The number of carbonyl (C=O) groups is 2. The van der Waals surface area contributed by atoms with Crippen molar-refractivity contribution >= 4 is 17.8 Å². The molecule has 0 heterocycles. The topological polar surface area (TPSA) is 129 Å². The molecule has 100 valence electrons. The van der Waals surface area contributed by atoms with Crippen LogP contribution in [0.3, 0.4) is 0 Å². The van der Waals surface area contributed by atoms with Gasteiger partial charge in [0, 0.05) is 18.1 Å². The van der Waals surface area contributed by atoms with E-state index in [0.29, 0.717) is 25.5 Å². The van der Waals surface area contributed by atoms with Crippen LogP contribution in [-0.4, -0.2) is 17.8 Å². The Kier molecular flexibility index (Phi) is 3.16. The molecular weight excluding hydrogens is 256 g/mol. The van der Waals surface area contributed by atoms with Crippen LogP contribution in [0.4, 0.5) is 0 Å². The number of nitriles is 3. The average Bonchev–Trinajstić information content (AvgIpc) is 2.99. The molecule has 1 unspecified atom stereocenters. The van der Waals surface area contributed by atoms with E-state index in [1.165, 1.54) is 0 Å². The summed E-state index contributed by atoms with van der Waals surface area (Å²) in [7, 11) is 0. The van der Waals surface area contributed by atoms with Crippen LogP contribution in [0.2, 0.25) is 0 Å². The lowest BCUT2D eigenvalue weighted by Gasteiger charge is -2.34. The van der Waals surface area contributed by atoms with Gasteiger partial charge in [-0.1, -0.05) is 0 Å². The Hall–Kier alpha value is -2.52. The second-order valence-electron chi connectivity index (χ2n) is 5.32. The number of aldehydes is 1. The fraction of sp³-hybridized carbons (Fsp3) is 0.571. The van der Waals surface area contributed by atoms with Crippen molar-refractivity contribution in [3.05, 3.63) is 0 Å². The Balaban J connectivity index is 2.70. The molecule has 2 rings (SSSR count). The first kappa shape index (κ1) is 13.9. The number of hydrogen-bond acceptors (Lipinski definition) is 6. The third-order valence-electron chi connectivity index (χ3n) is 4.54. The Morgan fingerprint density at radius 2 is 1.90 bits per heavy atom. The second-order valence-corrected chi connectivity index (χ2v) is 5.32. The summed E-state index contributed by atoms with van der Waals surface area (Å²) in [4.78, 5) is 23.1. The number of ketones is 1. The number of nitrogens with one attached hydrogen (secondary N) is 1. The third-order valence-corrected chi connectivity index (χ3v) is 4.54. The van der Waals surface area contributed by atoms with Crippen molar-refractivity contribution in [2.75, 3.05) is 0 Å². The van der Waals surface area contributed by atoms with E-state index in [2.05, 4.69) is 0 Å². The first-order valence-corrected chi connectivity index (χ1v) is 6.33. The fourth-order valence-corrected chi connectivity index (χ4v) is 3.52. The van der Waals surface area contributed by atoms with Gasteiger partial charge in [-0.15, -0.1) is 0 Å². The Morgan fingerprint density at radius 1 is 1.25 bits per heavy atom. The van der Waals surface area contributed by atoms with Crippen molar-refractivity contribution in [1.82, 2.24) is 0 Å². The Bertz CT molecular complexity index is 605. The van der Waals surface area contributed by atoms with Gasteiger partial charge in [0.25, 0.3) is 0 Å². The number of carbonyl (C=O) groups excluding carboxylic acids is 2. The third kappa shape index (κ3) is 1.38. The number of hydrogen-bond donors (Lipinski definition) is 1. The largest absolute Gasteiger partial charge is 0.307 e. The summed E-state index contributed by atoms with van der Waals surface area (Å²) in [6, 6.07) is 5.56. The van der Waals surface area contributed by atoms with Crippen LogP contribution in [0.25, 0.3) is 0 Å². The van der Waals surface area contributed by atoms with Gasteiger partial charge in [-0.2, -0.15) is 15.8 Å². The zero-order chi connectivity index (χ0) is 15.0. The summed E-state index contributed by atoms with van der Waals surface area (Å²) in [5.41, 5.74) is -3.83. The average molecular weight is 268 g/mol. The van der Waals surface area contributed by atoms with Gasteiger partial charge in [-0.05, 0) is 19.3 Å². The highest BCUT2D eigenvalue weighted by atomic mass is 16.1. The lowest BCUT2D eigenvalue weighted by molar-refractivity contribution is -0.123. The highest BCUT2D eigenvalue weighted by Gasteiger charge is 2.69. The molecule has 0 aliphatic heterocycles. The predicted octanol–water partition coefficient (Wildman–Crippen LogP) is 1.14. The highest BCUT2D eigenvalue weighted by Crippen LogP contribution is 2.58. The lowest BCUT2D eigenvalue weighted by Crippen LogP contribution is -2.47. The van der Waals surface area contributed by atoms with Crippen molar-refractivity contribution in [2.45, 2.75) is 25.7 Å². The molecule has 2 saturated carbocycles. The fourth-order valence-electron chi connectivity index (χ4n) is 3.52. The molecule has 2 fully saturated rings. The quantitative estimate of drug-likeness (QED) is 0.750. The van der Waals surface area contributed by atoms with E-state index < -0.39 is 22.7 Å². The molecule has 0 saturated heterocycles. The standard InChI is InChI=1S/C14H12N4O2/c15-6-13(7-16)4-9(5-19)12(18)14(13,8-17)10-2-1-3-11(10)20/h5,9-10,18H,1-4H2/t9?,10-,14-/m1/s1. The van der Waals surface area contributed by atoms with Crippen LogP contribution in [0.15, 0.2) is 0 Å². The number of rotatable bonds is 2. The second kappa shape index (κ2) is 4.54. The number of Topliss-reactive ketones (excluding diaryl/α,β-unsaturated/α-hetero) is 1. The zero-order valence-electron chi connectivity index (χ0n) is 10.7. The van der Waals surface area contributed by atoms with E-state index in [4.69, 9.17) is 5.41 Å². The van der Waals surface area contributed by atoms with E-state index in [0.717, 1.165) is 0 Å². The molecule has 3 atom stereocenters. The van der Waals surface area contributed by atoms with Gasteiger partial charge in [-0.25, -0.2) is 0 Å². The maximum absolute atomic E-state index is 12.0. The van der Waals surface area contributed by atoms with Gasteiger partial charge in [0.05, 0.1) is 24.1 Å². The van der Waals surface area contributed by atoms with Crippen LogP contribution in [0.5, 0.6) is 0 Å². The van der Waals surface area contributed by atoms with Crippen LogP contribution in [-0.2, 0) is 9.59 Å². The van der Waals surface area contributed by atoms with Gasteiger partial charge >= 0.3 is 0 Å². The summed E-state index contributed by atoms with van der Waals surface area (Å²) in [6.07, 6.45) is 1.56. The van der Waals surface area contributed by atoms with Crippen LogP contribution >= 0.6 is 0 Å². The molecule has 6 nitrogen and oxygen atoms in total. The first-order valence-electron chi connectivity index (χ1n) is 6.33. The molecular formula is C14H12N4O2. The van der Waals surface area contributed by atoms with Gasteiger partial charge in [0.1, 0.15) is 17.5 Å². The molecule has 0 bridgehead atoms. The molecule has 0 aromatic rings. The minimum absolute atomic E-state index is 0.181. The maximum Gasteiger partial charge on any atom is 0.169 e. The molecule has 2 aliphatic rings. The lowest BCUT2D eigenvalue weighted by atomic mass is 9.59. The van der Waals surface area contributed by atoms with Crippen molar-refractivity contribution in [2.24, 2.45) is 22.7 Å². The van der Waals surface area contributed by atoms with E-state index >= 15 is 0 Å². The minimum Gasteiger partial charge on any atom is -0.307 e. The SMILES string of the molecule is N#CC1(C#N)CC(C=O)C(=N)[C@@]1(C#N)[C@@H]1CCCC1=O. The molecule has 6 heteroatoms. The molecule has 0 aromatic carbocycles. The monoisotopic (exact) mass is 268 g/mol. The molecule has 0 aromatic heterocycles. The maximum atomic E-state index is 12.0. The van der Waals surface area contributed by atoms with Crippen molar-refractivity contribution < 1.29 is 9.59 Å². The number of nitrogens with zero attached hydrogens (tertiary/aromatic N) is 3. The summed E-state index contributed by atoms with van der Waals surface area (Å²) in [5, 5.41) is 36.6. The predicted molar refractivity (Wildman–Crippen MR) is 66.0 cm³/mol. The van der Waals surface area contributed by atoms with Gasteiger partial charge in [0.15, 0.2) is 5.41 Å². The van der Waals surface area contributed by atoms with E-state index in [1.807, 2.05) is 18.2 Å². The minimum atomic E-state index is -1.80. The van der Waals surface area contributed by atoms with E-state index in [-0.39, 0.29) is 17.9 Å². The first-order chi connectivity index (χ1) is 9.52. The van der Waals surface area contributed by atoms with Crippen LogP contribution in [0.1, 0.15) is 25.7 Å². The van der Waals surface area contributed by atoms with Crippen molar-refractivity contribution in [3.8, 4) is 18.2 Å². The van der Waals surface area contributed by atoms with Crippen molar-refractivity contribution in [1.29, 1.82) is 21.2 Å². The summed E-state index contributed by atoms with van der Waals surface area (Å²) < 4.78 is 0. The molecule has 2 aliphatic carbocycles. The summed E-state index contributed by atoms with van der Waals surface area (Å²) in [6.45, 7) is 0. The molecule has 0 spiro atoms.